The normalized spacial score (nSPS) is 10.0. The monoisotopic (exact) mass is 276 g/mol. The molecule has 0 fully saturated rings. The fraction of sp³-hybridized carbons (Fsp3) is 0.133. The van der Waals surface area contributed by atoms with E-state index in [1.54, 1.807) is 49.6 Å². The van der Waals surface area contributed by atoms with Gasteiger partial charge in [-0.05, 0) is 24.3 Å². The summed E-state index contributed by atoms with van der Waals surface area (Å²) in [5.41, 5.74) is 0.465. The van der Waals surface area contributed by atoms with Crippen LogP contribution in [0.3, 0.4) is 0 Å². The van der Waals surface area contributed by atoms with Gasteiger partial charge >= 0.3 is 0 Å². The van der Waals surface area contributed by atoms with Crippen LogP contribution in [0.2, 0.25) is 5.02 Å². The lowest BCUT2D eigenvalue weighted by Crippen LogP contribution is -2.12. The number of carbonyl (C=O) groups excluding carboxylic acids is 1. The number of rotatable bonds is 5. The third kappa shape index (κ3) is 3.48. The van der Waals surface area contributed by atoms with Gasteiger partial charge in [0.25, 0.3) is 0 Å². The average Bonchev–Trinajstić information content (AvgIpc) is 2.45. The minimum absolute atomic E-state index is 0.0586. The van der Waals surface area contributed by atoms with Crippen LogP contribution in [0, 0.1) is 0 Å². The van der Waals surface area contributed by atoms with Crippen LogP contribution in [0.25, 0.3) is 0 Å². The van der Waals surface area contributed by atoms with E-state index in [-0.39, 0.29) is 12.4 Å². The van der Waals surface area contributed by atoms with Gasteiger partial charge < -0.3 is 9.47 Å². The number of ether oxygens (including phenoxy) is 2. The van der Waals surface area contributed by atoms with Crippen LogP contribution in [0.5, 0.6) is 11.5 Å². The van der Waals surface area contributed by atoms with Crippen molar-refractivity contribution in [2.75, 3.05) is 13.7 Å². The van der Waals surface area contributed by atoms with Crippen molar-refractivity contribution in [1.29, 1.82) is 0 Å². The Morgan fingerprint density at radius 2 is 1.84 bits per heavy atom. The highest BCUT2D eigenvalue weighted by molar-refractivity contribution is 6.34. The molecule has 19 heavy (non-hydrogen) atoms. The Hall–Kier alpha value is -2.00. The SMILES string of the molecule is COc1cccc(OCC(=O)c2ccccc2Cl)c1. The molecule has 2 aromatic rings. The van der Waals surface area contributed by atoms with Crippen molar-refractivity contribution in [3.8, 4) is 11.5 Å². The number of Topliss-reactive ketones (excluding diaryl/α,β-unsaturated/α-hetero) is 1. The van der Waals surface area contributed by atoms with Gasteiger partial charge in [-0.2, -0.15) is 0 Å². The molecule has 4 heteroatoms. The van der Waals surface area contributed by atoms with Crippen LogP contribution >= 0.6 is 11.6 Å². The van der Waals surface area contributed by atoms with E-state index in [1.165, 1.54) is 0 Å². The Labute approximate surface area is 116 Å². The topological polar surface area (TPSA) is 35.5 Å². The minimum Gasteiger partial charge on any atom is -0.497 e. The molecule has 98 valence electrons. The van der Waals surface area contributed by atoms with Crippen molar-refractivity contribution in [1.82, 2.24) is 0 Å². The molecule has 0 atom stereocenters. The maximum Gasteiger partial charge on any atom is 0.201 e. The van der Waals surface area contributed by atoms with Crippen LogP contribution in [0.1, 0.15) is 10.4 Å². The molecule has 2 rings (SSSR count). The highest BCUT2D eigenvalue weighted by Gasteiger charge is 2.10. The van der Waals surface area contributed by atoms with E-state index in [9.17, 15) is 4.79 Å². The number of ketones is 1. The summed E-state index contributed by atoms with van der Waals surface area (Å²) in [6.45, 7) is -0.0586. The van der Waals surface area contributed by atoms with Gasteiger partial charge in [-0.3, -0.25) is 4.79 Å². The second kappa shape index (κ2) is 6.25. The highest BCUT2D eigenvalue weighted by atomic mass is 35.5. The average molecular weight is 277 g/mol. The van der Waals surface area contributed by atoms with E-state index in [0.29, 0.717) is 22.1 Å². The molecule has 0 amide bonds. The summed E-state index contributed by atoms with van der Waals surface area (Å²) in [6.07, 6.45) is 0. The Morgan fingerprint density at radius 3 is 2.58 bits per heavy atom. The van der Waals surface area contributed by atoms with Crippen molar-refractivity contribution in [3.05, 3.63) is 59.1 Å². The van der Waals surface area contributed by atoms with Crippen LogP contribution < -0.4 is 9.47 Å². The first-order valence-electron chi connectivity index (χ1n) is 5.75. The molecule has 0 radical (unpaired) electrons. The van der Waals surface area contributed by atoms with E-state index in [4.69, 9.17) is 21.1 Å². The summed E-state index contributed by atoms with van der Waals surface area (Å²) in [5.74, 6) is 1.11. The predicted octanol–water partition coefficient (Wildman–Crippen LogP) is 3.61. The Bertz CT molecular complexity index is 581. The zero-order valence-electron chi connectivity index (χ0n) is 10.4. The maximum atomic E-state index is 12.0. The zero-order chi connectivity index (χ0) is 13.7. The van der Waals surface area contributed by atoms with Crippen molar-refractivity contribution < 1.29 is 14.3 Å². The van der Waals surface area contributed by atoms with Crippen molar-refractivity contribution in [2.24, 2.45) is 0 Å². The van der Waals surface area contributed by atoms with E-state index >= 15 is 0 Å². The Kier molecular flexibility index (Phi) is 4.42. The van der Waals surface area contributed by atoms with Gasteiger partial charge in [0.05, 0.1) is 12.1 Å². The zero-order valence-corrected chi connectivity index (χ0v) is 11.2. The van der Waals surface area contributed by atoms with Gasteiger partial charge in [-0.1, -0.05) is 29.8 Å². The minimum atomic E-state index is -0.159. The van der Waals surface area contributed by atoms with E-state index < -0.39 is 0 Å². The van der Waals surface area contributed by atoms with Gasteiger partial charge in [0.1, 0.15) is 11.5 Å². The lowest BCUT2D eigenvalue weighted by Gasteiger charge is -2.07. The summed E-state index contributed by atoms with van der Waals surface area (Å²) in [4.78, 5) is 12.0. The third-order valence-corrected chi connectivity index (χ3v) is 2.91. The summed E-state index contributed by atoms with van der Waals surface area (Å²) < 4.78 is 10.5. The van der Waals surface area contributed by atoms with Gasteiger partial charge in [-0.15, -0.1) is 0 Å². The van der Waals surface area contributed by atoms with E-state index in [2.05, 4.69) is 0 Å². The second-order valence-electron chi connectivity index (χ2n) is 3.87. The fourth-order valence-corrected chi connectivity index (χ4v) is 1.85. The number of benzene rings is 2. The second-order valence-corrected chi connectivity index (χ2v) is 4.28. The molecule has 0 aliphatic rings. The molecule has 0 saturated heterocycles. The van der Waals surface area contributed by atoms with Crippen molar-refractivity contribution >= 4 is 17.4 Å². The number of methoxy groups -OCH3 is 1. The van der Waals surface area contributed by atoms with E-state index in [0.717, 1.165) is 0 Å². The Morgan fingerprint density at radius 1 is 1.11 bits per heavy atom. The smallest absolute Gasteiger partial charge is 0.201 e. The summed E-state index contributed by atoms with van der Waals surface area (Å²) in [6, 6.07) is 14.0. The van der Waals surface area contributed by atoms with Crippen LogP contribution in [-0.2, 0) is 0 Å². The van der Waals surface area contributed by atoms with Crippen LogP contribution in [-0.4, -0.2) is 19.5 Å². The number of carbonyl (C=O) groups is 1. The molecule has 2 aromatic carbocycles. The van der Waals surface area contributed by atoms with Crippen LogP contribution in [0.15, 0.2) is 48.5 Å². The molecule has 0 unspecified atom stereocenters. The molecule has 0 aliphatic carbocycles. The lowest BCUT2D eigenvalue weighted by molar-refractivity contribution is 0.0921. The number of hydrogen-bond acceptors (Lipinski definition) is 3. The summed E-state index contributed by atoms with van der Waals surface area (Å²) in [7, 11) is 1.58. The number of halogens is 1. The van der Waals surface area contributed by atoms with Crippen molar-refractivity contribution in [3.63, 3.8) is 0 Å². The molecule has 0 N–H and O–H groups in total. The third-order valence-electron chi connectivity index (χ3n) is 2.59. The molecule has 0 bridgehead atoms. The first kappa shape index (κ1) is 13.4. The summed E-state index contributed by atoms with van der Waals surface area (Å²) in [5, 5.41) is 0.432. The van der Waals surface area contributed by atoms with Crippen LogP contribution in [0.4, 0.5) is 0 Å². The predicted molar refractivity (Wildman–Crippen MR) is 74.3 cm³/mol. The molecule has 0 saturated carbocycles. The fourth-order valence-electron chi connectivity index (χ4n) is 1.60. The molecule has 0 aromatic heterocycles. The first-order valence-corrected chi connectivity index (χ1v) is 6.13. The molecular weight excluding hydrogens is 264 g/mol. The first-order chi connectivity index (χ1) is 9.20. The number of hydrogen-bond donors (Lipinski definition) is 0. The quantitative estimate of drug-likeness (QED) is 0.783. The molecular formula is C15H13ClO3. The maximum absolute atomic E-state index is 12.0. The molecule has 0 aliphatic heterocycles. The van der Waals surface area contributed by atoms with Gasteiger partial charge in [-0.25, -0.2) is 0 Å². The molecule has 3 nitrogen and oxygen atoms in total. The van der Waals surface area contributed by atoms with Crippen molar-refractivity contribution in [2.45, 2.75) is 0 Å². The summed E-state index contributed by atoms with van der Waals surface area (Å²) >= 11 is 5.95. The van der Waals surface area contributed by atoms with Gasteiger partial charge in [0.15, 0.2) is 6.61 Å². The lowest BCUT2D eigenvalue weighted by atomic mass is 10.1. The largest absolute Gasteiger partial charge is 0.497 e. The Balaban J connectivity index is 2.02. The highest BCUT2D eigenvalue weighted by Crippen LogP contribution is 2.20. The standard InChI is InChI=1S/C15H13ClO3/c1-18-11-5-4-6-12(9-11)19-10-15(17)13-7-2-3-8-14(13)16/h2-9H,10H2,1H3. The van der Waals surface area contributed by atoms with Gasteiger partial charge in [0.2, 0.25) is 5.78 Å². The molecule has 0 heterocycles. The van der Waals surface area contributed by atoms with Gasteiger partial charge in [0, 0.05) is 11.6 Å². The molecule has 0 spiro atoms. The van der Waals surface area contributed by atoms with E-state index in [1.807, 2.05) is 6.07 Å².